The van der Waals surface area contributed by atoms with Gasteiger partial charge in [0.2, 0.25) is 17.4 Å². The maximum Gasteiger partial charge on any atom is 0.410 e. The second kappa shape index (κ2) is 13.2. The van der Waals surface area contributed by atoms with Gasteiger partial charge in [-0.05, 0) is 44.9 Å². The van der Waals surface area contributed by atoms with E-state index in [-0.39, 0.29) is 29.6 Å². The lowest BCUT2D eigenvalue weighted by molar-refractivity contribution is -0.133. The summed E-state index contributed by atoms with van der Waals surface area (Å²) in [7, 11) is 0. The van der Waals surface area contributed by atoms with Crippen molar-refractivity contribution in [1.82, 2.24) is 28.7 Å². The number of nitrogens with zero attached hydrogens (tertiary/aromatic N) is 6. The van der Waals surface area contributed by atoms with Crippen LogP contribution in [0.4, 0.5) is 9.18 Å². The monoisotopic (exact) mass is 624 g/mol. The van der Waals surface area contributed by atoms with E-state index in [0.717, 1.165) is 23.3 Å². The topological polar surface area (TPSA) is 111 Å². The minimum Gasteiger partial charge on any atom is -0.486 e. The number of carbonyl (C=O) groups is 2. The van der Waals surface area contributed by atoms with Crippen molar-refractivity contribution < 1.29 is 23.5 Å². The molecule has 0 unspecified atom stereocenters. The van der Waals surface area contributed by atoms with E-state index in [1.54, 1.807) is 45.1 Å². The van der Waals surface area contributed by atoms with Gasteiger partial charge >= 0.3 is 11.7 Å². The Morgan fingerprint density at radius 2 is 1.75 bits per heavy atom. The zero-order valence-electron chi connectivity index (χ0n) is 25.4. The number of halogens is 1. The first-order valence-corrected chi connectivity index (χ1v) is 15.5. The van der Waals surface area contributed by atoms with E-state index in [4.69, 9.17) is 14.5 Å². The molecule has 44 heavy (non-hydrogen) atoms. The molecule has 0 radical (unpaired) electrons. The summed E-state index contributed by atoms with van der Waals surface area (Å²) in [5, 5.41) is 0.519. The first-order chi connectivity index (χ1) is 21.0. The summed E-state index contributed by atoms with van der Waals surface area (Å²) in [6, 6.07) is 6.30. The number of imidazole rings is 1. The number of rotatable bonds is 9. The summed E-state index contributed by atoms with van der Waals surface area (Å²) in [6.45, 7) is 9.32. The van der Waals surface area contributed by atoms with Gasteiger partial charge in [-0.1, -0.05) is 25.5 Å². The summed E-state index contributed by atoms with van der Waals surface area (Å²) in [5.74, 6) is -0.0400. The number of hydrogen-bond donors (Lipinski definition) is 0. The van der Waals surface area contributed by atoms with Gasteiger partial charge in [0.1, 0.15) is 23.0 Å². The molecule has 0 bridgehead atoms. The molecule has 234 valence electrons. The summed E-state index contributed by atoms with van der Waals surface area (Å²) < 4.78 is 27.8. The molecule has 1 aliphatic heterocycles. The summed E-state index contributed by atoms with van der Waals surface area (Å²) in [5.41, 5.74) is 0.282. The van der Waals surface area contributed by atoms with Crippen LogP contribution in [0.25, 0.3) is 16.5 Å². The Morgan fingerprint density at radius 3 is 2.43 bits per heavy atom. The number of benzene rings is 1. The first kappa shape index (κ1) is 31.2. The zero-order valence-corrected chi connectivity index (χ0v) is 26.2. The molecule has 4 heterocycles. The normalized spacial score (nSPS) is 13.8. The Labute approximate surface area is 258 Å². The standard InChI is InChI=1S/C31H37FN6O5S/c1-5-6-17-42-26-25(27-33-19-23(44-27)18-21-7-9-22(32)10-8-21)34-29-37(15-16-38(29)28(26)40)20-24(39)35-11-13-36(14-12-35)30(41)43-31(2,3)4/h7-10,15-16,19H,5-6,11-14,17-18,20H2,1-4H3. The minimum atomic E-state index is -0.590. The van der Waals surface area contributed by atoms with Gasteiger partial charge in [-0.15, -0.1) is 11.3 Å². The highest BCUT2D eigenvalue weighted by atomic mass is 32.1. The van der Waals surface area contributed by atoms with Crippen molar-refractivity contribution in [2.45, 2.75) is 59.1 Å². The molecule has 0 spiro atoms. The third-order valence-electron chi connectivity index (χ3n) is 7.09. The van der Waals surface area contributed by atoms with Gasteiger partial charge in [0.05, 0.1) is 6.61 Å². The molecule has 0 saturated carbocycles. The van der Waals surface area contributed by atoms with Crippen LogP contribution in [0.1, 0.15) is 51.0 Å². The third kappa shape index (κ3) is 7.26. The Bertz CT molecular complexity index is 1680. The molecule has 5 rings (SSSR count). The van der Waals surface area contributed by atoms with E-state index in [2.05, 4.69) is 4.98 Å². The van der Waals surface area contributed by atoms with E-state index in [1.807, 2.05) is 27.7 Å². The average Bonchev–Trinajstić information content (AvgIpc) is 3.61. The molecule has 13 heteroatoms. The third-order valence-corrected chi connectivity index (χ3v) is 8.09. The van der Waals surface area contributed by atoms with Gasteiger partial charge in [-0.25, -0.2) is 23.6 Å². The Hall–Kier alpha value is -4.26. The molecule has 1 fully saturated rings. The van der Waals surface area contributed by atoms with Gasteiger partial charge in [-0.3, -0.25) is 9.59 Å². The van der Waals surface area contributed by atoms with E-state index in [0.29, 0.717) is 55.7 Å². The highest BCUT2D eigenvalue weighted by Crippen LogP contribution is 2.31. The van der Waals surface area contributed by atoms with E-state index in [9.17, 15) is 18.8 Å². The fourth-order valence-electron chi connectivity index (χ4n) is 4.79. The number of ether oxygens (including phenoxy) is 2. The molecule has 11 nitrogen and oxygen atoms in total. The quantitative estimate of drug-likeness (QED) is 0.250. The molecule has 1 aromatic carbocycles. The molecule has 1 saturated heterocycles. The number of hydrogen-bond acceptors (Lipinski definition) is 8. The number of unbranched alkanes of at least 4 members (excludes halogenated alkanes) is 1. The van der Waals surface area contributed by atoms with Crippen molar-refractivity contribution in [3.63, 3.8) is 0 Å². The van der Waals surface area contributed by atoms with E-state index < -0.39 is 11.7 Å². The molecule has 0 aliphatic carbocycles. The second-order valence-corrected chi connectivity index (χ2v) is 12.8. The van der Waals surface area contributed by atoms with Crippen LogP contribution >= 0.6 is 11.3 Å². The van der Waals surface area contributed by atoms with Crippen molar-refractivity contribution >= 4 is 29.1 Å². The molecule has 3 aromatic heterocycles. The van der Waals surface area contributed by atoms with Crippen LogP contribution in [0.15, 0.2) is 47.7 Å². The first-order valence-electron chi connectivity index (χ1n) is 14.7. The van der Waals surface area contributed by atoms with E-state index in [1.165, 1.54) is 27.9 Å². The highest BCUT2D eigenvalue weighted by molar-refractivity contribution is 7.15. The SMILES string of the molecule is CCCCOc1c(-c2ncc(Cc3ccc(F)cc3)s2)nc2n(CC(=O)N3CCN(C(=O)OC(C)(C)C)CC3)ccn2c1=O. The fourth-order valence-corrected chi connectivity index (χ4v) is 5.72. The fraction of sp³-hybridized carbons (Fsp3) is 0.452. The largest absolute Gasteiger partial charge is 0.486 e. The molecule has 0 N–H and O–H groups in total. The lowest BCUT2D eigenvalue weighted by atomic mass is 10.1. The van der Waals surface area contributed by atoms with Gasteiger partial charge in [0, 0.05) is 56.1 Å². The predicted molar refractivity (Wildman–Crippen MR) is 165 cm³/mol. The maximum absolute atomic E-state index is 13.6. The van der Waals surface area contributed by atoms with E-state index >= 15 is 0 Å². The predicted octanol–water partition coefficient (Wildman–Crippen LogP) is 4.61. The lowest BCUT2D eigenvalue weighted by Gasteiger charge is -2.35. The number of amides is 2. The number of piperazine rings is 1. The van der Waals surface area contributed by atoms with Crippen molar-refractivity contribution in [3.8, 4) is 16.5 Å². The molecule has 0 atom stereocenters. The Morgan fingerprint density at radius 1 is 1.05 bits per heavy atom. The highest BCUT2D eigenvalue weighted by Gasteiger charge is 2.28. The van der Waals surface area contributed by atoms with Crippen LogP contribution in [-0.2, 0) is 22.5 Å². The van der Waals surface area contributed by atoms with Crippen LogP contribution in [0, 0.1) is 5.82 Å². The smallest absolute Gasteiger partial charge is 0.410 e. The molecular weight excluding hydrogens is 587 g/mol. The number of thiazole rings is 1. The summed E-state index contributed by atoms with van der Waals surface area (Å²) in [4.78, 5) is 52.9. The van der Waals surface area contributed by atoms with Crippen molar-refractivity contribution in [2.75, 3.05) is 32.8 Å². The summed E-state index contributed by atoms with van der Waals surface area (Å²) in [6.07, 6.45) is 6.79. The lowest BCUT2D eigenvalue weighted by Crippen LogP contribution is -2.52. The summed E-state index contributed by atoms with van der Waals surface area (Å²) >= 11 is 1.38. The van der Waals surface area contributed by atoms with Crippen molar-refractivity contribution in [2.24, 2.45) is 0 Å². The molecule has 2 amide bonds. The van der Waals surface area contributed by atoms with Gasteiger partial charge in [0.25, 0.3) is 0 Å². The van der Waals surface area contributed by atoms with Gasteiger partial charge in [0.15, 0.2) is 5.69 Å². The Kier molecular flexibility index (Phi) is 9.33. The average molecular weight is 625 g/mol. The molecule has 1 aliphatic rings. The molecular formula is C31H37FN6O5S. The molecule has 4 aromatic rings. The van der Waals surface area contributed by atoms with Crippen molar-refractivity contribution in [1.29, 1.82) is 0 Å². The number of carbonyl (C=O) groups excluding carboxylic acids is 2. The van der Waals surface area contributed by atoms with Crippen LogP contribution in [0.3, 0.4) is 0 Å². The maximum atomic E-state index is 13.6. The second-order valence-electron chi connectivity index (χ2n) is 11.7. The Balaban J connectivity index is 1.37. The number of fused-ring (bicyclic) bond motifs is 1. The zero-order chi connectivity index (χ0) is 31.4. The van der Waals surface area contributed by atoms with Crippen molar-refractivity contribution in [3.05, 3.63) is 69.5 Å². The van der Waals surface area contributed by atoms with Crippen LogP contribution < -0.4 is 10.3 Å². The minimum absolute atomic E-state index is 0.0292. The van der Waals surface area contributed by atoms with Crippen LogP contribution in [-0.4, -0.2) is 79.1 Å². The number of aromatic nitrogens is 4. The van der Waals surface area contributed by atoms with Gasteiger partial charge in [-0.2, -0.15) is 0 Å². The van der Waals surface area contributed by atoms with Gasteiger partial charge < -0.3 is 23.8 Å². The van der Waals surface area contributed by atoms with Crippen LogP contribution in [0.5, 0.6) is 5.75 Å². The van der Waals surface area contributed by atoms with Crippen LogP contribution in [0.2, 0.25) is 0 Å².